The number of benzene rings is 5. The van der Waals surface area contributed by atoms with E-state index in [9.17, 15) is 0 Å². The standard InChI is InChI=1S/C41H36N8/c1-3-35-28-39-42-38(4-2)44-49(39)47(35)29-30-24-26-31(27-25-30)36-22-14-15-23-37(36)40-43-45-46-48(40)41(32-16-8-5-9-17-32,33-18-10-6-11-19-33)34-20-12-7-13-21-34/h5-28H,3-4,29H2,1-2H3. The van der Waals surface area contributed by atoms with Crippen molar-refractivity contribution in [2.24, 2.45) is 0 Å². The largest absolute Gasteiger partial charge is 0.263 e. The molecule has 0 atom stereocenters. The fourth-order valence-electron chi connectivity index (χ4n) is 6.95. The summed E-state index contributed by atoms with van der Waals surface area (Å²) >= 11 is 0. The number of tetrazole rings is 1. The van der Waals surface area contributed by atoms with E-state index in [4.69, 9.17) is 15.4 Å². The molecule has 49 heavy (non-hydrogen) atoms. The predicted molar refractivity (Wildman–Crippen MR) is 192 cm³/mol. The first-order chi connectivity index (χ1) is 24.2. The molecule has 8 heteroatoms. The molecule has 0 spiro atoms. The number of hydrogen-bond donors (Lipinski definition) is 0. The van der Waals surface area contributed by atoms with Crippen LogP contribution in [0.4, 0.5) is 0 Å². The molecule has 0 aliphatic carbocycles. The maximum Gasteiger partial charge on any atom is 0.184 e. The van der Waals surface area contributed by atoms with Crippen LogP contribution in [-0.4, -0.2) is 39.6 Å². The maximum atomic E-state index is 4.77. The van der Waals surface area contributed by atoms with Crippen molar-refractivity contribution < 1.29 is 0 Å². The minimum absolute atomic E-state index is 0.677. The highest BCUT2D eigenvalue weighted by Gasteiger charge is 2.42. The van der Waals surface area contributed by atoms with Crippen LogP contribution in [0, 0.1) is 0 Å². The van der Waals surface area contributed by atoms with Crippen LogP contribution in [0.5, 0.6) is 0 Å². The Morgan fingerprint density at radius 1 is 0.612 bits per heavy atom. The van der Waals surface area contributed by atoms with Gasteiger partial charge in [0.2, 0.25) is 0 Å². The molecular formula is C41H36N8. The van der Waals surface area contributed by atoms with E-state index in [1.165, 1.54) is 11.3 Å². The molecule has 0 unspecified atom stereocenters. The van der Waals surface area contributed by atoms with Crippen LogP contribution in [0.15, 0.2) is 146 Å². The number of hydrogen-bond acceptors (Lipinski definition) is 5. The first-order valence-corrected chi connectivity index (χ1v) is 16.8. The summed E-state index contributed by atoms with van der Waals surface area (Å²) in [6.07, 6.45) is 1.72. The minimum Gasteiger partial charge on any atom is -0.263 e. The maximum absolute atomic E-state index is 4.77. The second kappa shape index (κ2) is 12.8. The Kier molecular flexibility index (Phi) is 7.89. The quantitative estimate of drug-likeness (QED) is 0.142. The highest BCUT2D eigenvalue weighted by atomic mass is 15.6. The fraction of sp³-hybridized carbons (Fsp3) is 0.146. The Morgan fingerprint density at radius 3 is 1.76 bits per heavy atom. The molecule has 8 aromatic rings. The van der Waals surface area contributed by atoms with Crippen LogP contribution in [0.25, 0.3) is 28.2 Å². The van der Waals surface area contributed by atoms with Gasteiger partial charge in [-0.2, -0.15) is 4.63 Å². The molecule has 0 fully saturated rings. The summed E-state index contributed by atoms with van der Waals surface area (Å²) in [6, 6.07) is 50.8. The van der Waals surface area contributed by atoms with E-state index in [0.29, 0.717) is 12.4 Å². The van der Waals surface area contributed by atoms with Crippen molar-refractivity contribution >= 4 is 5.65 Å². The Morgan fingerprint density at radius 2 is 1.18 bits per heavy atom. The van der Waals surface area contributed by atoms with Crippen molar-refractivity contribution in [3.05, 3.63) is 179 Å². The third kappa shape index (κ3) is 5.22. The molecule has 8 nitrogen and oxygen atoms in total. The molecule has 0 saturated carbocycles. The van der Waals surface area contributed by atoms with E-state index < -0.39 is 5.54 Å². The summed E-state index contributed by atoms with van der Waals surface area (Å²) in [5.41, 5.74) is 8.72. The molecule has 0 bridgehead atoms. The van der Waals surface area contributed by atoms with Crippen LogP contribution in [0.1, 0.15) is 47.6 Å². The number of aryl methyl sites for hydroxylation is 2. The van der Waals surface area contributed by atoms with Crippen molar-refractivity contribution in [3.63, 3.8) is 0 Å². The van der Waals surface area contributed by atoms with Crippen molar-refractivity contribution in [3.8, 4) is 22.5 Å². The highest BCUT2D eigenvalue weighted by molar-refractivity contribution is 5.81. The molecular weight excluding hydrogens is 605 g/mol. The summed E-state index contributed by atoms with van der Waals surface area (Å²) in [6.45, 7) is 4.95. The van der Waals surface area contributed by atoms with Gasteiger partial charge in [0.1, 0.15) is 5.54 Å². The van der Waals surface area contributed by atoms with Crippen LogP contribution in [0.3, 0.4) is 0 Å². The van der Waals surface area contributed by atoms with Crippen molar-refractivity contribution in [2.75, 3.05) is 0 Å². The third-order valence-corrected chi connectivity index (χ3v) is 9.32. The van der Waals surface area contributed by atoms with Gasteiger partial charge in [0.15, 0.2) is 17.3 Å². The predicted octanol–water partition coefficient (Wildman–Crippen LogP) is 7.86. The summed E-state index contributed by atoms with van der Waals surface area (Å²) in [5.74, 6) is 1.54. The van der Waals surface area contributed by atoms with E-state index in [-0.39, 0.29) is 0 Å². The SMILES string of the molecule is CCc1nc2cc(CC)n(Cc3ccc(-c4ccccc4-c4nnnn4C(c4ccccc4)(c4ccccc4)c4ccccc4)cc3)n2n1. The minimum atomic E-state index is -0.836. The lowest BCUT2D eigenvalue weighted by atomic mass is 9.77. The summed E-state index contributed by atoms with van der Waals surface area (Å²) in [5, 5.41) is 18.6. The number of rotatable bonds is 10. The molecule has 0 N–H and O–H groups in total. The van der Waals surface area contributed by atoms with E-state index in [0.717, 1.165) is 57.7 Å². The van der Waals surface area contributed by atoms with Gasteiger partial charge in [0.05, 0.1) is 6.54 Å². The van der Waals surface area contributed by atoms with Crippen molar-refractivity contribution in [1.29, 1.82) is 0 Å². The number of aromatic nitrogens is 8. The lowest BCUT2D eigenvalue weighted by molar-refractivity contribution is 0.451. The number of nitrogens with zero attached hydrogens (tertiary/aromatic N) is 8. The lowest BCUT2D eigenvalue weighted by Crippen LogP contribution is -2.39. The fourth-order valence-corrected chi connectivity index (χ4v) is 6.95. The van der Waals surface area contributed by atoms with E-state index >= 15 is 0 Å². The van der Waals surface area contributed by atoms with Crippen LogP contribution in [-0.2, 0) is 24.9 Å². The Bertz CT molecular complexity index is 2220. The van der Waals surface area contributed by atoms with Crippen molar-refractivity contribution in [2.45, 2.75) is 38.8 Å². The van der Waals surface area contributed by atoms with Crippen LogP contribution < -0.4 is 0 Å². The average Bonchev–Trinajstić information content (AvgIpc) is 3.90. The topological polar surface area (TPSA) is 78.7 Å². The van der Waals surface area contributed by atoms with Gasteiger partial charge in [0.25, 0.3) is 0 Å². The van der Waals surface area contributed by atoms with Gasteiger partial charge >= 0.3 is 0 Å². The van der Waals surface area contributed by atoms with Gasteiger partial charge in [-0.3, -0.25) is 4.68 Å². The molecule has 5 aromatic carbocycles. The first kappa shape index (κ1) is 30.2. The Balaban J connectivity index is 1.24. The van der Waals surface area contributed by atoms with Gasteiger partial charge in [-0.25, -0.2) is 9.67 Å². The van der Waals surface area contributed by atoms with Gasteiger partial charge in [0, 0.05) is 23.7 Å². The average molecular weight is 641 g/mol. The van der Waals surface area contributed by atoms with Crippen molar-refractivity contribution in [1.82, 2.24) is 39.6 Å². The molecule has 8 rings (SSSR count). The molecule has 0 radical (unpaired) electrons. The Hall–Kier alpha value is -6.15. The van der Waals surface area contributed by atoms with Gasteiger partial charge in [-0.1, -0.05) is 153 Å². The van der Waals surface area contributed by atoms with Crippen LogP contribution in [0.2, 0.25) is 0 Å². The van der Waals surface area contributed by atoms with Crippen LogP contribution >= 0.6 is 0 Å². The van der Waals surface area contributed by atoms with Gasteiger partial charge in [-0.15, -0.1) is 10.2 Å². The van der Waals surface area contributed by atoms with Gasteiger partial charge < -0.3 is 0 Å². The zero-order chi connectivity index (χ0) is 33.2. The lowest BCUT2D eigenvalue weighted by Gasteiger charge is -2.36. The number of fused-ring (bicyclic) bond motifs is 1. The normalized spacial score (nSPS) is 11.7. The summed E-state index contributed by atoms with van der Waals surface area (Å²) in [4.78, 5) is 4.68. The molecule has 0 amide bonds. The Labute approximate surface area is 285 Å². The van der Waals surface area contributed by atoms with Gasteiger partial charge in [-0.05, 0) is 50.2 Å². The third-order valence-electron chi connectivity index (χ3n) is 9.32. The molecule has 0 aliphatic heterocycles. The smallest absolute Gasteiger partial charge is 0.184 e. The molecule has 240 valence electrons. The second-order valence-electron chi connectivity index (χ2n) is 12.1. The zero-order valence-corrected chi connectivity index (χ0v) is 27.6. The molecule has 0 saturated heterocycles. The first-order valence-electron chi connectivity index (χ1n) is 16.8. The highest BCUT2D eigenvalue weighted by Crippen LogP contribution is 2.43. The summed E-state index contributed by atoms with van der Waals surface area (Å²) in [7, 11) is 0. The van der Waals surface area contributed by atoms with E-state index in [2.05, 4.69) is 150 Å². The molecule has 0 aliphatic rings. The van der Waals surface area contributed by atoms with E-state index in [1.54, 1.807) is 0 Å². The monoisotopic (exact) mass is 640 g/mol. The molecule has 3 heterocycles. The second-order valence-corrected chi connectivity index (χ2v) is 12.1. The van der Waals surface area contributed by atoms with E-state index in [1.807, 2.05) is 33.6 Å². The zero-order valence-electron chi connectivity index (χ0n) is 27.6. The summed E-state index contributed by atoms with van der Waals surface area (Å²) < 4.78 is 6.15. The molecule has 3 aromatic heterocycles.